The van der Waals surface area contributed by atoms with Gasteiger partial charge in [-0.2, -0.15) is 0 Å². The molecule has 2 N–H and O–H groups in total. The third-order valence-electron chi connectivity index (χ3n) is 4.22. The highest BCUT2D eigenvalue weighted by Crippen LogP contribution is 2.29. The number of hydrogen-bond acceptors (Lipinski definition) is 5. The summed E-state index contributed by atoms with van der Waals surface area (Å²) in [6, 6.07) is 12.6. The zero-order valence-electron chi connectivity index (χ0n) is 15.4. The summed E-state index contributed by atoms with van der Waals surface area (Å²) < 4.78 is 10.5. The molecule has 27 heavy (non-hydrogen) atoms. The second kappa shape index (κ2) is 7.82. The number of aryl methyl sites for hydroxylation is 1. The molecule has 2 aromatic carbocycles. The molecular formula is C20H21N3O4. The molecule has 0 saturated carbocycles. The Balaban J connectivity index is 1.82. The Bertz CT molecular complexity index is 908. The summed E-state index contributed by atoms with van der Waals surface area (Å²) in [5.74, 6) is 0.577. The van der Waals surface area contributed by atoms with Crippen molar-refractivity contribution in [2.75, 3.05) is 24.5 Å². The molecule has 2 amide bonds. The fraction of sp³-hybridized carbons (Fsp3) is 0.200. The van der Waals surface area contributed by atoms with E-state index in [9.17, 15) is 9.59 Å². The van der Waals surface area contributed by atoms with Crippen molar-refractivity contribution in [3.05, 3.63) is 59.8 Å². The average Bonchev–Trinajstić information content (AvgIpc) is 2.68. The highest BCUT2D eigenvalue weighted by Gasteiger charge is 2.25. The van der Waals surface area contributed by atoms with E-state index in [1.54, 1.807) is 31.4 Å². The van der Waals surface area contributed by atoms with Gasteiger partial charge in [0.15, 0.2) is 0 Å². The van der Waals surface area contributed by atoms with Crippen molar-refractivity contribution in [1.29, 1.82) is 0 Å². The molecule has 3 rings (SSSR count). The van der Waals surface area contributed by atoms with Crippen molar-refractivity contribution in [2.45, 2.75) is 13.3 Å². The Kier molecular flexibility index (Phi) is 5.30. The zero-order chi connectivity index (χ0) is 19.4. The van der Waals surface area contributed by atoms with E-state index in [0.717, 1.165) is 5.56 Å². The summed E-state index contributed by atoms with van der Waals surface area (Å²) in [5, 5.41) is 4.19. The van der Waals surface area contributed by atoms with Gasteiger partial charge in [0.2, 0.25) is 5.91 Å². The minimum atomic E-state index is -0.382. The van der Waals surface area contributed by atoms with E-state index in [1.807, 2.05) is 31.2 Å². The zero-order valence-corrected chi connectivity index (χ0v) is 15.4. The molecule has 140 valence electrons. The van der Waals surface area contributed by atoms with Gasteiger partial charge in [-0.15, -0.1) is 0 Å². The number of methoxy groups -OCH3 is 2. The molecule has 0 atom stereocenters. The first-order valence-electron chi connectivity index (χ1n) is 8.42. The van der Waals surface area contributed by atoms with Crippen molar-refractivity contribution in [3.8, 4) is 11.5 Å². The van der Waals surface area contributed by atoms with Crippen LogP contribution in [-0.4, -0.2) is 26.0 Å². The summed E-state index contributed by atoms with van der Waals surface area (Å²) in [4.78, 5) is 25.0. The van der Waals surface area contributed by atoms with Crippen LogP contribution in [0.5, 0.6) is 11.5 Å². The van der Waals surface area contributed by atoms with Crippen LogP contribution in [-0.2, 0) is 9.59 Å². The fourth-order valence-corrected chi connectivity index (χ4v) is 2.76. The van der Waals surface area contributed by atoms with Gasteiger partial charge in [-0.25, -0.2) is 5.01 Å². The van der Waals surface area contributed by atoms with E-state index in [1.165, 1.54) is 12.1 Å². The third-order valence-corrected chi connectivity index (χ3v) is 4.22. The summed E-state index contributed by atoms with van der Waals surface area (Å²) in [6.45, 7) is 1.91. The number of nitrogens with zero attached hydrogens (tertiary/aromatic N) is 1. The van der Waals surface area contributed by atoms with E-state index in [4.69, 9.17) is 9.47 Å². The Morgan fingerprint density at radius 1 is 1.15 bits per heavy atom. The highest BCUT2D eigenvalue weighted by atomic mass is 16.5. The number of rotatable bonds is 5. The van der Waals surface area contributed by atoms with E-state index in [0.29, 0.717) is 22.9 Å². The van der Waals surface area contributed by atoms with Crippen LogP contribution >= 0.6 is 0 Å². The second-order valence-corrected chi connectivity index (χ2v) is 5.97. The van der Waals surface area contributed by atoms with Crippen LogP contribution in [0.3, 0.4) is 0 Å². The van der Waals surface area contributed by atoms with Crippen molar-refractivity contribution in [3.63, 3.8) is 0 Å². The molecule has 1 aliphatic rings. The number of amides is 2. The highest BCUT2D eigenvalue weighted by molar-refractivity contribution is 6.07. The molecule has 0 aliphatic carbocycles. The van der Waals surface area contributed by atoms with Gasteiger partial charge in [0.05, 0.1) is 25.6 Å². The van der Waals surface area contributed by atoms with Crippen LogP contribution in [0.25, 0.3) is 0 Å². The number of benzene rings is 2. The topological polar surface area (TPSA) is 79.9 Å². The number of nitrogens with one attached hydrogen (secondary N) is 2. The maximum atomic E-state index is 12.7. The van der Waals surface area contributed by atoms with Crippen molar-refractivity contribution in [1.82, 2.24) is 5.43 Å². The van der Waals surface area contributed by atoms with Crippen molar-refractivity contribution < 1.29 is 19.1 Å². The van der Waals surface area contributed by atoms with E-state index in [-0.39, 0.29) is 23.9 Å². The Morgan fingerprint density at radius 2 is 1.93 bits per heavy atom. The maximum Gasteiger partial charge on any atom is 0.273 e. The molecule has 1 aliphatic heterocycles. The molecule has 0 fully saturated rings. The molecule has 7 heteroatoms. The minimum absolute atomic E-state index is 0.124. The van der Waals surface area contributed by atoms with Gasteiger partial charge in [0.1, 0.15) is 17.2 Å². The predicted molar refractivity (Wildman–Crippen MR) is 103 cm³/mol. The smallest absolute Gasteiger partial charge is 0.273 e. The molecule has 1 heterocycles. The Labute approximate surface area is 157 Å². The van der Waals surface area contributed by atoms with E-state index >= 15 is 0 Å². The number of carbonyl (C=O) groups excluding carboxylic acids is 2. The van der Waals surface area contributed by atoms with Crippen LogP contribution in [0.1, 0.15) is 12.0 Å². The quantitative estimate of drug-likeness (QED) is 0.849. The van der Waals surface area contributed by atoms with Crippen LogP contribution in [0.4, 0.5) is 11.4 Å². The number of para-hydroxylation sites is 1. The van der Waals surface area contributed by atoms with Gasteiger partial charge >= 0.3 is 0 Å². The van der Waals surface area contributed by atoms with Crippen molar-refractivity contribution >= 4 is 23.2 Å². The SMILES string of the molecule is COc1ccc(OC)c(NC(=O)C2=CCC(=O)N(c3ccccc3C)N2)c1. The minimum Gasteiger partial charge on any atom is -0.497 e. The molecule has 0 spiro atoms. The summed E-state index contributed by atoms with van der Waals surface area (Å²) in [5.41, 5.74) is 5.30. The number of ether oxygens (including phenoxy) is 2. The number of hydrazine groups is 1. The number of anilines is 2. The lowest BCUT2D eigenvalue weighted by Gasteiger charge is -2.29. The first-order chi connectivity index (χ1) is 13.0. The number of hydrogen-bond donors (Lipinski definition) is 2. The molecule has 0 saturated heterocycles. The predicted octanol–water partition coefficient (Wildman–Crippen LogP) is 2.78. The molecule has 2 aromatic rings. The molecule has 7 nitrogen and oxygen atoms in total. The third kappa shape index (κ3) is 3.87. The van der Waals surface area contributed by atoms with Gasteiger partial charge in [-0.1, -0.05) is 18.2 Å². The van der Waals surface area contributed by atoms with Gasteiger partial charge in [-0.3, -0.25) is 15.0 Å². The van der Waals surface area contributed by atoms with Crippen LogP contribution < -0.4 is 25.2 Å². The Morgan fingerprint density at radius 3 is 2.63 bits per heavy atom. The normalized spacial score (nSPS) is 13.5. The fourth-order valence-electron chi connectivity index (χ4n) is 2.76. The monoisotopic (exact) mass is 367 g/mol. The van der Waals surface area contributed by atoms with Gasteiger partial charge < -0.3 is 14.8 Å². The van der Waals surface area contributed by atoms with Gasteiger partial charge in [0.25, 0.3) is 5.91 Å². The largest absolute Gasteiger partial charge is 0.497 e. The average molecular weight is 367 g/mol. The van der Waals surface area contributed by atoms with E-state index in [2.05, 4.69) is 10.7 Å². The lowest BCUT2D eigenvalue weighted by Crippen LogP contribution is -2.48. The molecule has 0 bridgehead atoms. The first kappa shape index (κ1) is 18.3. The summed E-state index contributed by atoms with van der Waals surface area (Å²) >= 11 is 0. The van der Waals surface area contributed by atoms with Gasteiger partial charge in [0, 0.05) is 12.5 Å². The molecule has 0 aromatic heterocycles. The van der Waals surface area contributed by atoms with Crippen LogP contribution in [0.2, 0.25) is 0 Å². The molecule has 0 unspecified atom stereocenters. The standard InChI is InChI=1S/C20H21N3O4/c1-13-6-4-5-7-17(13)23-19(24)11-9-15(22-23)20(25)21-16-12-14(26-2)8-10-18(16)27-3/h4-10,12,22H,11H2,1-3H3,(H,21,25). The number of carbonyl (C=O) groups is 2. The van der Waals surface area contributed by atoms with Crippen LogP contribution in [0, 0.1) is 6.92 Å². The van der Waals surface area contributed by atoms with E-state index < -0.39 is 0 Å². The molecular weight excluding hydrogens is 346 g/mol. The summed E-state index contributed by atoms with van der Waals surface area (Å²) in [7, 11) is 3.07. The molecule has 0 radical (unpaired) electrons. The summed E-state index contributed by atoms with van der Waals surface area (Å²) in [6.07, 6.45) is 1.69. The van der Waals surface area contributed by atoms with Crippen LogP contribution in [0.15, 0.2) is 54.2 Å². The Hall–Kier alpha value is -3.48. The maximum absolute atomic E-state index is 12.7. The van der Waals surface area contributed by atoms with Crippen molar-refractivity contribution in [2.24, 2.45) is 0 Å². The van der Waals surface area contributed by atoms with Gasteiger partial charge in [-0.05, 0) is 36.8 Å². The first-order valence-corrected chi connectivity index (χ1v) is 8.42. The second-order valence-electron chi connectivity index (χ2n) is 5.97. The lowest BCUT2D eigenvalue weighted by atomic mass is 10.1. The lowest BCUT2D eigenvalue weighted by molar-refractivity contribution is -0.119.